The lowest BCUT2D eigenvalue weighted by Crippen LogP contribution is -1.91. The molecule has 0 heterocycles. The largest absolute Gasteiger partial charge is 0.494 e. The Balaban J connectivity index is 1.85. The van der Waals surface area contributed by atoms with Gasteiger partial charge in [-0.05, 0) is 77.6 Å². The van der Waals surface area contributed by atoms with Crippen LogP contribution < -0.4 is 9.47 Å². The zero-order valence-electron chi connectivity index (χ0n) is 16.3. The molecule has 2 nitrogen and oxygen atoms in total. The third-order valence-corrected chi connectivity index (χ3v) is 4.84. The lowest BCUT2D eigenvalue weighted by Gasteiger charge is -2.10. The molecule has 2 heteroatoms. The second-order valence-corrected chi connectivity index (χ2v) is 6.63. The van der Waals surface area contributed by atoms with Gasteiger partial charge in [-0.1, -0.05) is 54.6 Å². The Kier molecular flexibility index (Phi) is 5.29. The van der Waals surface area contributed by atoms with Gasteiger partial charge in [0.15, 0.2) is 0 Å². The lowest BCUT2D eigenvalue weighted by atomic mass is 9.96. The van der Waals surface area contributed by atoms with Gasteiger partial charge in [0.25, 0.3) is 0 Å². The fourth-order valence-corrected chi connectivity index (χ4v) is 3.61. The molecule has 2 aromatic carbocycles. The van der Waals surface area contributed by atoms with Gasteiger partial charge in [0.05, 0.1) is 13.2 Å². The molecule has 4 rings (SSSR count). The molecule has 2 aliphatic carbocycles. The van der Waals surface area contributed by atoms with Crippen molar-refractivity contribution < 1.29 is 9.47 Å². The van der Waals surface area contributed by atoms with Gasteiger partial charge in [0, 0.05) is 0 Å². The van der Waals surface area contributed by atoms with Crippen LogP contribution in [0.25, 0.3) is 33.4 Å². The van der Waals surface area contributed by atoms with E-state index in [0.29, 0.717) is 13.2 Å². The zero-order valence-corrected chi connectivity index (χ0v) is 16.3. The highest BCUT2D eigenvalue weighted by molar-refractivity contribution is 5.99. The highest BCUT2D eigenvalue weighted by Gasteiger charge is 2.18. The summed E-state index contributed by atoms with van der Waals surface area (Å²) in [5.74, 6) is 1.80. The van der Waals surface area contributed by atoms with Crippen molar-refractivity contribution >= 4 is 0 Å². The molecular weight excluding hydrogens is 344 g/mol. The molecule has 2 aromatic rings. The van der Waals surface area contributed by atoms with Crippen LogP contribution in [0.1, 0.15) is 13.8 Å². The third-order valence-electron chi connectivity index (χ3n) is 4.84. The van der Waals surface area contributed by atoms with Gasteiger partial charge in [0.2, 0.25) is 0 Å². The summed E-state index contributed by atoms with van der Waals surface area (Å²) in [6.07, 6.45) is 0. The lowest BCUT2D eigenvalue weighted by molar-refractivity contribution is 0.340. The van der Waals surface area contributed by atoms with Gasteiger partial charge < -0.3 is 9.47 Å². The first kappa shape index (κ1) is 18.1. The molecule has 0 atom stereocenters. The monoisotopic (exact) mass is 368 g/mol. The maximum absolute atomic E-state index is 5.62. The van der Waals surface area contributed by atoms with E-state index < -0.39 is 0 Å². The summed E-state index contributed by atoms with van der Waals surface area (Å²) in [6, 6.07) is 29.6. The molecule has 0 N–H and O–H groups in total. The Morgan fingerprint density at radius 1 is 0.536 bits per heavy atom. The predicted molar refractivity (Wildman–Crippen MR) is 116 cm³/mol. The summed E-state index contributed by atoms with van der Waals surface area (Å²) >= 11 is 0. The molecule has 0 amide bonds. The normalized spacial score (nSPS) is 10.8. The standard InChI is InChI=1S/C26H24O2/c1-3-27-22-14-10-19(11-15-22)25-18-21-8-6-5-7-9-24(21)26(25)20-12-16-23(17-13-20)28-4-2/h5-18H,3-4H2,1-2H3. The number of ether oxygens (including phenoxy) is 2. The van der Waals surface area contributed by atoms with Crippen molar-refractivity contribution in [3.05, 3.63) is 84.9 Å². The molecule has 0 unspecified atom stereocenters. The average molecular weight is 368 g/mol. The van der Waals surface area contributed by atoms with Crippen molar-refractivity contribution in [1.29, 1.82) is 0 Å². The van der Waals surface area contributed by atoms with Crippen molar-refractivity contribution in [1.82, 2.24) is 0 Å². The first-order valence-electron chi connectivity index (χ1n) is 9.78. The SMILES string of the molecule is CCOc1ccc(-c2cc3cccccc-3c2-c2ccc(OCC)cc2)cc1. The predicted octanol–water partition coefficient (Wildman–Crippen LogP) is 6.92. The van der Waals surface area contributed by atoms with Crippen LogP contribution in [0.2, 0.25) is 0 Å². The average Bonchev–Trinajstić information content (AvgIpc) is 2.92. The van der Waals surface area contributed by atoms with Crippen LogP contribution in [0, 0.1) is 0 Å². The van der Waals surface area contributed by atoms with E-state index in [-0.39, 0.29) is 0 Å². The summed E-state index contributed by atoms with van der Waals surface area (Å²) in [7, 11) is 0. The fourth-order valence-electron chi connectivity index (χ4n) is 3.61. The molecule has 0 saturated carbocycles. The smallest absolute Gasteiger partial charge is 0.119 e. The molecule has 0 radical (unpaired) electrons. The summed E-state index contributed by atoms with van der Waals surface area (Å²) in [5.41, 5.74) is 7.34. The van der Waals surface area contributed by atoms with Crippen LogP contribution in [0.15, 0.2) is 84.9 Å². The van der Waals surface area contributed by atoms with Gasteiger partial charge in [-0.3, -0.25) is 0 Å². The topological polar surface area (TPSA) is 18.5 Å². The molecular formula is C26H24O2. The molecule has 140 valence electrons. The first-order chi connectivity index (χ1) is 13.8. The maximum atomic E-state index is 5.62. The first-order valence-corrected chi connectivity index (χ1v) is 9.78. The van der Waals surface area contributed by atoms with Crippen molar-refractivity contribution in [2.45, 2.75) is 13.8 Å². The van der Waals surface area contributed by atoms with Crippen LogP contribution in [0.4, 0.5) is 0 Å². The molecule has 0 aromatic heterocycles. The van der Waals surface area contributed by atoms with Gasteiger partial charge in [-0.25, -0.2) is 0 Å². The second-order valence-electron chi connectivity index (χ2n) is 6.63. The number of hydrogen-bond donors (Lipinski definition) is 0. The minimum atomic E-state index is 0.673. The minimum absolute atomic E-state index is 0.673. The molecule has 0 fully saturated rings. The van der Waals surface area contributed by atoms with E-state index in [9.17, 15) is 0 Å². The molecule has 0 spiro atoms. The Bertz CT molecular complexity index is 1020. The minimum Gasteiger partial charge on any atom is -0.494 e. The van der Waals surface area contributed by atoms with Crippen LogP contribution in [-0.4, -0.2) is 13.2 Å². The van der Waals surface area contributed by atoms with Crippen molar-refractivity contribution in [3.8, 4) is 44.9 Å². The van der Waals surface area contributed by atoms with Crippen molar-refractivity contribution in [2.75, 3.05) is 13.2 Å². The summed E-state index contributed by atoms with van der Waals surface area (Å²) in [6.45, 7) is 5.35. The highest BCUT2D eigenvalue weighted by atomic mass is 16.5. The summed E-state index contributed by atoms with van der Waals surface area (Å²) in [5, 5.41) is 0. The highest BCUT2D eigenvalue weighted by Crippen LogP contribution is 2.44. The third kappa shape index (κ3) is 3.59. The van der Waals surface area contributed by atoms with E-state index >= 15 is 0 Å². The van der Waals surface area contributed by atoms with E-state index in [2.05, 4.69) is 60.7 Å². The number of benzene rings is 2. The molecule has 2 aliphatic rings. The number of rotatable bonds is 6. The summed E-state index contributed by atoms with van der Waals surface area (Å²) in [4.78, 5) is 0. The quantitative estimate of drug-likeness (QED) is 0.368. The zero-order chi connectivity index (χ0) is 19.3. The fraction of sp³-hybridized carbons (Fsp3) is 0.154. The van der Waals surface area contributed by atoms with E-state index in [1.165, 1.54) is 33.4 Å². The maximum Gasteiger partial charge on any atom is 0.119 e. The van der Waals surface area contributed by atoms with Gasteiger partial charge in [0.1, 0.15) is 11.5 Å². The van der Waals surface area contributed by atoms with Gasteiger partial charge >= 0.3 is 0 Å². The molecule has 0 saturated heterocycles. The molecule has 0 bridgehead atoms. The van der Waals surface area contributed by atoms with E-state index in [4.69, 9.17) is 9.47 Å². The number of hydrogen-bond acceptors (Lipinski definition) is 2. The van der Waals surface area contributed by atoms with Crippen molar-refractivity contribution in [3.63, 3.8) is 0 Å². The van der Waals surface area contributed by atoms with Crippen LogP contribution in [0.3, 0.4) is 0 Å². The van der Waals surface area contributed by atoms with Gasteiger partial charge in [-0.2, -0.15) is 0 Å². The molecule has 0 aliphatic heterocycles. The van der Waals surface area contributed by atoms with E-state index in [1.807, 2.05) is 38.1 Å². The van der Waals surface area contributed by atoms with Crippen molar-refractivity contribution in [2.24, 2.45) is 0 Å². The Hall–Kier alpha value is -3.26. The van der Waals surface area contributed by atoms with E-state index in [1.54, 1.807) is 0 Å². The molecule has 28 heavy (non-hydrogen) atoms. The number of fused-ring (bicyclic) bond motifs is 1. The van der Waals surface area contributed by atoms with Crippen LogP contribution in [-0.2, 0) is 0 Å². The van der Waals surface area contributed by atoms with Gasteiger partial charge in [-0.15, -0.1) is 0 Å². The van der Waals surface area contributed by atoms with Crippen LogP contribution >= 0.6 is 0 Å². The Labute approximate surface area is 166 Å². The van der Waals surface area contributed by atoms with E-state index in [0.717, 1.165) is 11.5 Å². The second kappa shape index (κ2) is 8.18. The Morgan fingerprint density at radius 3 is 1.71 bits per heavy atom. The Morgan fingerprint density at radius 2 is 1.11 bits per heavy atom. The summed E-state index contributed by atoms with van der Waals surface area (Å²) < 4.78 is 11.2. The van der Waals surface area contributed by atoms with Crippen LogP contribution in [0.5, 0.6) is 11.5 Å².